The Morgan fingerprint density at radius 1 is 0.968 bits per heavy atom. The highest BCUT2D eigenvalue weighted by atomic mass is 32.2. The molecule has 31 heavy (non-hydrogen) atoms. The summed E-state index contributed by atoms with van der Waals surface area (Å²) in [5.74, 6) is 0.797. The molecule has 0 aliphatic heterocycles. The first-order chi connectivity index (χ1) is 15.0. The summed E-state index contributed by atoms with van der Waals surface area (Å²) in [6.45, 7) is 4.26. The average Bonchev–Trinajstić information content (AvgIpc) is 3.27. The summed E-state index contributed by atoms with van der Waals surface area (Å²) in [7, 11) is -1.83. The van der Waals surface area contributed by atoms with Gasteiger partial charge in [-0.2, -0.15) is 0 Å². The summed E-state index contributed by atoms with van der Waals surface area (Å²) >= 11 is 0. The molecule has 1 fully saturated rings. The van der Waals surface area contributed by atoms with E-state index in [2.05, 4.69) is 52.6 Å². The van der Waals surface area contributed by atoms with E-state index in [-0.39, 0.29) is 11.2 Å². The average molecular weight is 443 g/mol. The van der Waals surface area contributed by atoms with Gasteiger partial charge in [0.2, 0.25) is 10.0 Å². The first-order valence-corrected chi connectivity index (χ1v) is 12.7. The highest BCUT2D eigenvalue weighted by molar-refractivity contribution is 7.88. The van der Waals surface area contributed by atoms with Gasteiger partial charge in [0, 0.05) is 18.5 Å². The minimum absolute atomic E-state index is 0.0151. The Bertz CT molecular complexity index is 951. The van der Waals surface area contributed by atoms with E-state index in [1.54, 1.807) is 0 Å². The lowest BCUT2D eigenvalue weighted by molar-refractivity contribution is 0.431. The van der Waals surface area contributed by atoms with Gasteiger partial charge in [0.05, 0.1) is 12.3 Å². The predicted molar refractivity (Wildman–Crippen MR) is 128 cm³/mol. The van der Waals surface area contributed by atoms with Gasteiger partial charge in [-0.3, -0.25) is 0 Å². The number of nitrogens with zero attached hydrogens (tertiary/aromatic N) is 1. The number of rotatable bonds is 9. The van der Waals surface area contributed by atoms with E-state index in [0.717, 1.165) is 30.2 Å². The monoisotopic (exact) mass is 442 g/mol. The van der Waals surface area contributed by atoms with Crippen molar-refractivity contribution in [1.82, 2.24) is 15.4 Å². The van der Waals surface area contributed by atoms with Crippen LogP contribution in [0.1, 0.15) is 49.3 Å². The molecule has 2 aromatic rings. The van der Waals surface area contributed by atoms with Gasteiger partial charge in [0.1, 0.15) is 0 Å². The fourth-order valence-corrected chi connectivity index (χ4v) is 4.98. The summed E-state index contributed by atoms with van der Waals surface area (Å²) in [6, 6.07) is 18.4. The molecule has 3 N–H and O–H groups in total. The molecule has 0 aromatic heterocycles. The third-order valence-electron chi connectivity index (χ3n) is 6.00. The number of benzene rings is 2. The Morgan fingerprint density at radius 3 is 2.23 bits per heavy atom. The molecule has 0 spiro atoms. The van der Waals surface area contributed by atoms with E-state index in [0.29, 0.717) is 6.54 Å². The maximum atomic E-state index is 11.7. The summed E-state index contributed by atoms with van der Waals surface area (Å²) in [4.78, 5) is 4.75. The minimum Gasteiger partial charge on any atom is -0.357 e. The molecular formula is C24H34N4O2S. The SMILES string of the molecule is CCNC(=NCc1ccc(CS(=O)(=O)NC)cc1)NCC1(c2ccccc2)CCCC1. The van der Waals surface area contributed by atoms with Crippen molar-refractivity contribution < 1.29 is 8.42 Å². The van der Waals surface area contributed by atoms with Crippen molar-refractivity contribution in [3.05, 3.63) is 71.3 Å². The largest absolute Gasteiger partial charge is 0.357 e. The third kappa shape index (κ3) is 6.55. The summed E-state index contributed by atoms with van der Waals surface area (Å²) in [5.41, 5.74) is 3.38. The second kappa shape index (κ2) is 10.8. The number of guanidine groups is 1. The molecule has 0 radical (unpaired) electrons. The van der Waals surface area contributed by atoms with Crippen LogP contribution >= 0.6 is 0 Å². The minimum atomic E-state index is -3.26. The lowest BCUT2D eigenvalue weighted by atomic mass is 9.79. The molecular weight excluding hydrogens is 408 g/mol. The maximum absolute atomic E-state index is 11.7. The van der Waals surface area contributed by atoms with E-state index in [1.165, 1.54) is 38.3 Å². The number of sulfonamides is 1. The van der Waals surface area contributed by atoms with Gasteiger partial charge in [-0.05, 0) is 43.5 Å². The van der Waals surface area contributed by atoms with Crippen molar-refractivity contribution in [3.8, 4) is 0 Å². The van der Waals surface area contributed by atoms with E-state index >= 15 is 0 Å². The smallest absolute Gasteiger partial charge is 0.215 e. The van der Waals surface area contributed by atoms with Crippen LogP contribution in [0.25, 0.3) is 0 Å². The molecule has 1 saturated carbocycles. The van der Waals surface area contributed by atoms with Crippen LogP contribution in [0, 0.1) is 0 Å². The molecule has 0 unspecified atom stereocenters. The van der Waals surface area contributed by atoms with E-state index in [4.69, 9.17) is 4.99 Å². The predicted octanol–water partition coefficient (Wildman–Crippen LogP) is 3.30. The first kappa shape index (κ1) is 23.3. The number of hydrogen-bond acceptors (Lipinski definition) is 3. The van der Waals surface area contributed by atoms with Gasteiger partial charge in [-0.25, -0.2) is 18.1 Å². The van der Waals surface area contributed by atoms with E-state index in [1.807, 2.05) is 24.3 Å². The number of aliphatic imine (C=N–C) groups is 1. The molecule has 0 bridgehead atoms. The Hall–Kier alpha value is -2.38. The Labute approximate surface area is 186 Å². The Balaban J connectivity index is 1.65. The highest BCUT2D eigenvalue weighted by Crippen LogP contribution is 2.40. The van der Waals surface area contributed by atoms with Crippen LogP contribution < -0.4 is 15.4 Å². The second-order valence-corrected chi connectivity index (χ2v) is 10.1. The quantitative estimate of drug-likeness (QED) is 0.411. The van der Waals surface area contributed by atoms with Crippen molar-refractivity contribution in [2.75, 3.05) is 20.1 Å². The molecule has 6 nitrogen and oxygen atoms in total. The van der Waals surface area contributed by atoms with Crippen LogP contribution in [-0.2, 0) is 27.7 Å². The standard InChI is InChI=1S/C24H34N4O2S/c1-3-26-23(27-17-20-11-13-21(14-12-20)18-31(29,30)25-2)28-19-24(15-7-8-16-24)22-9-5-4-6-10-22/h4-6,9-14,25H,3,7-8,15-19H2,1-2H3,(H2,26,27,28). The molecule has 7 heteroatoms. The molecule has 0 amide bonds. The normalized spacial score (nSPS) is 16.3. The maximum Gasteiger partial charge on any atom is 0.215 e. The fraction of sp³-hybridized carbons (Fsp3) is 0.458. The zero-order valence-electron chi connectivity index (χ0n) is 18.5. The van der Waals surface area contributed by atoms with Crippen molar-refractivity contribution >= 4 is 16.0 Å². The van der Waals surface area contributed by atoms with Gasteiger partial charge < -0.3 is 10.6 Å². The van der Waals surface area contributed by atoms with Crippen LogP contribution in [0.5, 0.6) is 0 Å². The molecule has 0 atom stereocenters. The summed E-state index contributed by atoms with van der Waals surface area (Å²) in [6.07, 6.45) is 4.92. The fourth-order valence-electron chi connectivity index (χ4n) is 4.21. The van der Waals surface area contributed by atoms with Gasteiger partial charge in [0.25, 0.3) is 0 Å². The van der Waals surface area contributed by atoms with E-state index < -0.39 is 10.0 Å². The number of hydrogen-bond donors (Lipinski definition) is 3. The highest BCUT2D eigenvalue weighted by Gasteiger charge is 2.35. The molecule has 1 aliphatic rings. The molecule has 0 saturated heterocycles. The molecule has 2 aromatic carbocycles. The van der Waals surface area contributed by atoms with Crippen LogP contribution in [0.3, 0.4) is 0 Å². The van der Waals surface area contributed by atoms with Gasteiger partial charge >= 0.3 is 0 Å². The molecule has 1 aliphatic carbocycles. The summed E-state index contributed by atoms with van der Waals surface area (Å²) < 4.78 is 25.7. The molecule has 3 rings (SSSR count). The van der Waals surface area contributed by atoms with Gasteiger partial charge in [-0.1, -0.05) is 67.4 Å². The van der Waals surface area contributed by atoms with Crippen molar-refractivity contribution in [2.24, 2.45) is 4.99 Å². The second-order valence-electron chi connectivity index (χ2n) is 8.18. The van der Waals surface area contributed by atoms with Crippen LogP contribution in [-0.4, -0.2) is 34.5 Å². The van der Waals surface area contributed by atoms with Gasteiger partial charge in [-0.15, -0.1) is 0 Å². The topological polar surface area (TPSA) is 82.6 Å². The van der Waals surface area contributed by atoms with E-state index in [9.17, 15) is 8.42 Å². The van der Waals surface area contributed by atoms with Crippen LogP contribution in [0.15, 0.2) is 59.6 Å². The van der Waals surface area contributed by atoms with Gasteiger partial charge in [0.15, 0.2) is 5.96 Å². The first-order valence-electron chi connectivity index (χ1n) is 11.0. The van der Waals surface area contributed by atoms with Crippen molar-refractivity contribution in [1.29, 1.82) is 0 Å². The van der Waals surface area contributed by atoms with Crippen molar-refractivity contribution in [3.63, 3.8) is 0 Å². The number of nitrogens with one attached hydrogen (secondary N) is 3. The zero-order chi connectivity index (χ0) is 22.2. The zero-order valence-corrected chi connectivity index (χ0v) is 19.3. The van der Waals surface area contributed by atoms with Crippen LogP contribution in [0.4, 0.5) is 0 Å². The molecule has 168 valence electrons. The Morgan fingerprint density at radius 2 is 1.61 bits per heavy atom. The lowest BCUT2D eigenvalue weighted by Gasteiger charge is -2.30. The third-order valence-corrected chi connectivity index (χ3v) is 7.33. The van der Waals surface area contributed by atoms with Crippen molar-refractivity contribution in [2.45, 2.75) is 50.3 Å². The summed E-state index contributed by atoms with van der Waals surface area (Å²) in [5, 5.41) is 6.92. The lowest BCUT2D eigenvalue weighted by Crippen LogP contribution is -2.44. The van der Waals surface area contributed by atoms with Crippen LogP contribution in [0.2, 0.25) is 0 Å². The Kier molecular flexibility index (Phi) is 8.09. The molecule has 0 heterocycles.